The molecule has 1 atom stereocenters. The van der Waals surface area contributed by atoms with Gasteiger partial charge in [0.1, 0.15) is 11.9 Å². The van der Waals surface area contributed by atoms with Crippen LogP contribution in [0.1, 0.15) is 50.0 Å². The molecule has 1 heterocycles. The highest BCUT2D eigenvalue weighted by Gasteiger charge is 2.30. The number of sulfone groups is 1. The number of hydrogen-bond acceptors (Lipinski definition) is 5. The van der Waals surface area contributed by atoms with Crippen LogP contribution in [0.5, 0.6) is 5.75 Å². The highest BCUT2D eigenvalue weighted by atomic mass is 35.5. The Balaban J connectivity index is 1.60. The number of ether oxygens (including phenoxy) is 2. The number of rotatable bonds is 5. The van der Waals surface area contributed by atoms with Crippen LogP contribution in [0.2, 0.25) is 5.02 Å². The maximum atomic E-state index is 12.0. The van der Waals surface area contributed by atoms with E-state index >= 15 is 0 Å². The van der Waals surface area contributed by atoms with E-state index in [0.29, 0.717) is 23.1 Å². The lowest BCUT2D eigenvalue weighted by atomic mass is 9.84. The Kier molecular flexibility index (Phi) is 5.89. The Bertz CT molecular complexity index is 725. The van der Waals surface area contributed by atoms with Crippen LogP contribution in [0, 0.1) is 0 Å². The monoisotopic (exact) mass is 386 g/mol. The molecular formula is C18H23ClO5S. The molecule has 1 aliphatic carbocycles. The molecule has 7 heteroatoms. The summed E-state index contributed by atoms with van der Waals surface area (Å²) >= 11 is 6.13. The lowest BCUT2D eigenvalue weighted by molar-refractivity contribution is -0.150. The molecule has 0 N–H and O–H groups in total. The van der Waals surface area contributed by atoms with Crippen LogP contribution >= 0.6 is 11.6 Å². The van der Waals surface area contributed by atoms with Crippen molar-refractivity contribution in [2.24, 2.45) is 0 Å². The predicted octanol–water partition coefficient (Wildman–Crippen LogP) is 3.50. The van der Waals surface area contributed by atoms with Crippen molar-refractivity contribution in [3.8, 4) is 5.75 Å². The van der Waals surface area contributed by atoms with E-state index in [0.717, 1.165) is 18.4 Å². The number of esters is 1. The Morgan fingerprint density at radius 1 is 1.16 bits per heavy atom. The minimum Gasteiger partial charge on any atom is -0.482 e. The second kappa shape index (κ2) is 7.96. The van der Waals surface area contributed by atoms with Gasteiger partial charge in [-0.05, 0) is 48.9 Å². The Morgan fingerprint density at radius 3 is 2.60 bits per heavy atom. The van der Waals surface area contributed by atoms with Crippen LogP contribution in [0.4, 0.5) is 0 Å². The molecule has 1 saturated carbocycles. The van der Waals surface area contributed by atoms with Crippen LogP contribution in [0.15, 0.2) is 18.2 Å². The zero-order valence-electron chi connectivity index (χ0n) is 14.1. The van der Waals surface area contributed by atoms with Crippen molar-refractivity contribution in [3.63, 3.8) is 0 Å². The van der Waals surface area contributed by atoms with Gasteiger partial charge in [0.2, 0.25) is 0 Å². The minimum atomic E-state index is -3.07. The van der Waals surface area contributed by atoms with Crippen molar-refractivity contribution in [2.45, 2.75) is 50.5 Å². The fraction of sp³-hybridized carbons (Fsp3) is 0.611. The summed E-state index contributed by atoms with van der Waals surface area (Å²) in [4.78, 5) is 12.0. The summed E-state index contributed by atoms with van der Waals surface area (Å²) in [5.41, 5.74) is 1.04. The van der Waals surface area contributed by atoms with E-state index in [9.17, 15) is 13.2 Å². The van der Waals surface area contributed by atoms with Crippen LogP contribution in [-0.2, 0) is 19.4 Å². The first-order chi connectivity index (χ1) is 11.9. The summed E-state index contributed by atoms with van der Waals surface area (Å²) in [5.74, 6) is 0.513. The number of carbonyl (C=O) groups is 1. The third-order valence-corrected chi connectivity index (χ3v) is 6.82. The highest BCUT2D eigenvalue weighted by Crippen LogP contribution is 2.38. The minimum absolute atomic E-state index is 0.0782. The van der Waals surface area contributed by atoms with Crippen molar-refractivity contribution in [1.29, 1.82) is 0 Å². The topological polar surface area (TPSA) is 69.7 Å². The molecule has 138 valence electrons. The third kappa shape index (κ3) is 5.11. The molecule has 1 aliphatic heterocycles. The SMILES string of the molecule is O=C(COc1ccc(Cl)cc1C1CCCCC1)OC1CCS(=O)(=O)C1. The summed E-state index contributed by atoms with van der Waals surface area (Å²) in [7, 11) is -3.07. The molecule has 0 aromatic heterocycles. The summed E-state index contributed by atoms with van der Waals surface area (Å²) in [6, 6.07) is 5.46. The van der Waals surface area contributed by atoms with Gasteiger partial charge in [-0.2, -0.15) is 0 Å². The summed E-state index contributed by atoms with van der Waals surface area (Å²) in [6.45, 7) is -0.224. The van der Waals surface area contributed by atoms with Gasteiger partial charge in [0.15, 0.2) is 16.4 Å². The van der Waals surface area contributed by atoms with E-state index in [2.05, 4.69) is 0 Å². The number of benzene rings is 1. The molecule has 0 spiro atoms. The second-order valence-electron chi connectivity index (χ2n) is 6.82. The van der Waals surface area contributed by atoms with Crippen molar-refractivity contribution in [3.05, 3.63) is 28.8 Å². The standard InChI is InChI=1S/C18H23ClO5S/c19-14-6-7-17(16(10-14)13-4-2-1-3-5-13)23-11-18(20)24-15-8-9-25(21,22)12-15/h6-7,10,13,15H,1-5,8-9,11-12H2. The van der Waals surface area contributed by atoms with Crippen LogP contribution in [-0.4, -0.2) is 38.6 Å². The van der Waals surface area contributed by atoms with Gasteiger partial charge in [-0.15, -0.1) is 0 Å². The van der Waals surface area contributed by atoms with Gasteiger partial charge in [0.05, 0.1) is 11.5 Å². The van der Waals surface area contributed by atoms with Gasteiger partial charge in [-0.25, -0.2) is 13.2 Å². The molecule has 1 aromatic rings. The largest absolute Gasteiger partial charge is 0.482 e. The molecule has 3 rings (SSSR count). The smallest absolute Gasteiger partial charge is 0.344 e. The summed E-state index contributed by atoms with van der Waals surface area (Å²) in [6.07, 6.45) is 5.64. The van der Waals surface area contributed by atoms with Gasteiger partial charge in [-0.1, -0.05) is 30.9 Å². The first-order valence-corrected chi connectivity index (χ1v) is 10.9. The third-order valence-electron chi connectivity index (χ3n) is 4.85. The quantitative estimate of drug-likeness (QED) is 0.724. The fourth-order valence-corrected chi connectivity index (χ4v) is 5.36. The van der Waals surface area contributed by atoms with Crippen molar-refractivity contribution in [2.75, 3.05) is 18.1 Å². The van der Waals surface area contributed by atoms with E-state index < -0.39 is 21.9 Å². The molecule has 1 aromatic carbocycles. The zero-order chi connectivity index (χ0) is 17.9. The van der Waals surface area contributed by atoms with Crippen molar-refractivity contribution < 1.29 is 22.7 Å². The maximum Gasteiger partial charge on any atom is 0.344 e. The molecule has 2 fully saturated rings. The Hall–Kier alpha value is -1.27. The van der Waals surface area contributed by atoms with Gasteiger partial charge in [0.25, 0.3) is 0 Å². The molecule has 0 radical (unpaired) electrons. The van der Waals surface area contributed by atoms with Crippen LogP contribution in [0.25, 0.3) is 0 Å². The van der Waals surface area contributed by atoms with Gasteiger partial charge < -0.3 is 9.47 Å². The van der Waals surface area contributed by atoms with E-state index in [-0.39, 0.29) is 18.1 Å². The number of halogens is 1. The predicted molar refractivity (Wildman–Crippen MR) is 95.9 cm³/mol. The molecule has 0 amide bonds. The highest BCUT2D eigenvalue weighted by molar-refractivity contribution is 7.91. The lowest BCUT2D eigenvalue weighted by Crippen LogP contribution is -2.24. The van der Waals surface area contributed by atoms with Crippen molar-refractivity contribution in [1.82, 2.24) is 0 Å². The summed E-state index contributed by atoms with van der Waals surface area (Å²) < 4.78 is 33.7. The Morgan fingerprint density at radius 2 is 1.92 bits per heavy atom. The first kappa shape index (κ1) is 18.5. The fourth-order valence-electron chi connectivity index (χ4n) is 3.59. The average molecular weight is 387 g/mol. The van der Waals surface area contributed by atoms with E-state index in [1.807, 2.05) is 6.07 Å². The molecule has 0 bridgehead atoms. The first-order valence-electron chi connectivity index (χ1n) is 8.75. The van der Waals surface area contributed by atoms with Crippen molar-refractivity contribution >= 4 is 27.4 Å². The van der Waals surface area contributed by atoms with Gasteiger partial charge in [-0.3, -0.25) is 0 Å². The molecule has 1 saturated heterocycles. The number of hydrogen-bond donors (Lipinski definition) is 0. The molecular weight excluding hydrogens is 364 g/mol. The number of carbonyl (C=O) groups excluding carboxylic acids is 1. The molecule has 25 heavy (non-hydrogen) atoms. The van der Waals surface area contributed by atoms with Crippen LogP contribution in [0.3, 0.4) is 0 Å². The second-order valence-corrected chi connectivity index (χ2v) is 9.49. The van der Waals surface area contributed by atoms with Gasteiger partial charge >= 0.3 is 5.97 Å². The van der Waals surface area contributed by atoms with E-state index in [1.54, 1.807) is 12.1 Å². The normalized spacial score (nSPS) is 23.3. The zero-order valence-corrected chi connectivity index (χ0v) is 15.7. The van der Waals surface area contributed by atoms with E-state index in [1.165, 1.54) is 19.3 Å². The maximum absolute atomic E-state index is 12.0. The van der Waals surface area contributed by atoms with E-state index in [4.69, 9.17) is 21.1 Å². The average Bonchev–Trinajstić information content (AvgIpc) is 2.93. The molecule has 5 nitrogen and oxygen atoms in total. The lowest BCUT2D eigenvalue weighted by Gasteiger charge is -2.24. The van der Waals surface area contributed by atoms with Crippen LogP contribution < -0.4 is 4.74 Å². The molecule has 1 unspecified atom stereocenters. The summed E-state index contributed by atoms with van der Waals surface area (Å²) in [5, 5.41) is 0.659. The molecule has 2 aliphatic rings. The van der Waals surface area contributed by atoms with Gasteiger partial charge in [0, 0.05) is 5.02 Å². The Labute approximate surface area is 153 Å².